The van der Waals surface area contributed by atoms with Crippen molar-refractivity contribution in [3.05, 3.63) is 61.2 Å². The molecule has 0 amide bonds. The van der Waals surface area contributed by atoms with Crippen LogP contribution in [0.25, 0.3) is 0 Å². The van der Waals surface area contributed by atoms with Crippen molar-refractivity contribution in [3.8, 4) is 0 Å². The quantitative estimate of drug-likeness (QED) is 0.175. The van der Waals surface area contributed by atoms with Crippen LogP contribution in [-0.2, 0) is 0 Å². The fourth-order valence-corrected chi connectivity index (χ4v) is 3.72. The maximum Gasteiger partial charge on any atom is 0.0354 e. The summed E-state index contributed by atoms with van der Waals surface area (Å²) in [5.74, 6) is 0. The van der Waals surface area contributed by atoms with Crippen LogP contribution in [0.3, 0.4) is 0 Å². The van der Waals surface area contributed by atoms with Gasteiger partial charge in [0.15, 0.2) is 0 Å². The van der Waals surface area contributed by atoms with E-state index in [0.717, 1.165) is 13.1 Å². The van der Waals surface area contributed by atoms with Crippen LogP contribution in [-0.4, -0.2) is 18.0 Å². The summed E-state index contributed by atoms with van der Waals surface area (Å²) in [4.78, 5) is 2.49. The first-order valence-electron chi connectivity index (χ1n) is 10.8. The van der Waals surface area contributed by atoms with Gasteiger partial charge in [-0.25, -0.2) is 0 Å². The fraction of sp³-hybridized carbons (Fsp3) is 0.600. The van der Waals surface area contributed by atoms with Crippen LogP contribution >= 0.6 is 17.0 Å². The Morgan fingerprint density at radius 2 is 1.26 bits per heavy atom. The van der Waals surface area contributed by atoms with Crippen molar-refractivity contribution in [2.24, 2.45) is 0 Å². The van der Waals surface area contributed by atoms with E-state index in [1.807, 2.05) is 12.2 Å². The molecular weight excluding hydrogens is 394 g/mol. The summed E-state index contributed by atoms with van der Waals surface area (Å²) in [6.07, 6.45) is 19.2. The molecule has 0 bridgehead atoms. The molecule has 0 aliphatic heterocycles. The van der Waals surface area contributed by atoms with E-state index in [4.69, 9.17) is 0 Å². The number of rotatable bonds is 17. The number of halogens is 1. The molecule has 154 valence electrons. The second-order valence-electron chi connectivity index (χ2n) is 7.43. The topological polar surface area (TPSA) is 3.24 Å². The van der Waals surface area contributed by atoms with Gasteiger partial charge in [-0.05, 0) is 12.0 Å². The standard InChI is InChI=1S/C25H41N.BrH/c1-4-7-8-9-10-11-12-13-14-18-21-25(24-19-16-15-17-20-24)26(22-5-2)23-6-3;/h5-6,15-17,19-20,25H,2-4,7-14,18,21-23H2,1H3;1H. The normalized spacial score (nSPS) is 11.8. The number of hydrogen-bond acceptors (Lipinski definition) is 1. The first-order chi connectivity index (χ1) is 12.8. The molecule has 1 atom stereocenters. The minimum atomic E-state index is 0. The molecule has 1 nitrogen and oxygen atoms in total. The van der Waals surface area contributed by atoms with Gasteiger partial charge in [0.25, 0.3) is 0 Å². The van der Waals surface area contributed by atoms with Crippen LogP contribution in [0, 0.1) is 0 Å². The smallest absolute Gasteiger partial charge is 0.0354 e. The number of unbranched alkanes of at least 4 members (excludes halogenated alkanes) is 9. The summed E-state index contributed by atoms with van der Waals surface area (Å²) in [5, 5.41) is 0. The molecule has 0 aliphatic rings. The largest absolute Gasteiger partial charge is 0.289 e. The molecule has 0 aromatic heterocycles. The predicted molar refractivity (Wildman–Crippen MR) is 128 cm³/mol. The Morgan fingerprint density at radius 3 is 1.74 bits per heavy atom. The van der Waals surface area contributed by atoms with E-state index in [9.17, 15) is 0 Å². The highest BCUT2D eigenvalue weighted by Crippen LogP contribution is 2.27. The summed E-state index contributed by atoms with van der Waals surface area (Å²) >= 11 is 0. The van der Waals surface area contributed by atoms with Crippen LogP contribution in [0.4, 0.5) is 0 Å². The molecule has 27 heavy (non-hydrogen) atoms. The summed E-state index contributed by atoms with van der Waals surface area (Å²) < 4.78 is 0. The minimum Gasteiger partial charge on any atom is -0.289 e. The van der Waals surface area contributed by atoms with Crippen LogP contribution in [0.2, 0.25) is 0 Å². The third-order valence-electron chi connectivity index (χ3n) is 5.18. The van der Waals surface area contributed by atoms with Crippen molar-refractivity contribution < 1.29 is 0 Å². The molecule has 1 rings (SSSR count). The molecule has 1 unspecified atom stereocenters. The Labute approximate surface area is 179 Å². The first-order valence-corrected chi connectivity index (χ1v) is 10.8. The zero-order valence-corrected chi connectivity index (χ0v) is 19.3. The maximum atomic E-state index is 3.94. The molecule has 1 aromatic rings. The van der Waals surface area contributed by atoms with Crippen molar-refractivity contribution in [2.45, 2.75) is 83.6 Å². The van der Waals surface area contributed by atoms with Crippen molar-refractivity contribution in [2.75, 3.05) is 13.1 Å². The van der Waals surface area contributed by atoms with Gasteiger partial charge in [0.1, 0.15) is 0 Å². The molecule has 0 saturated carbocycles. The number of benzene rings is 1. The van der Waals surface area contributed by atoms with Crippen LogP contribution < -0.4 is 0 Å². The SMILES string of the molecule is Br.C=CCN(CC=C)C(CCCCCCCCCCCC)c1ccccc1. The zero-order chi connectivity index (χ0) is 18.9. The van der Waals surface area contributed by atoms with Gasteiger partial charge >= 0.3 is 0 Å². The molecule has 0 spiro atoms. The number of nitrogens with zero attached hydrogens (tertiary/aromatic N) is 1. The second-order valence-corrected chi connectivity index (χ2v) is 7.43. The molecule has 0 aliphatic carbocycles. The van der Waals surface area contributed by atoms with Crippen molar-refractivity contribution in [3.63, 3.8) is 0 Å². The van der Waals surface area contributed by atoms with Gasteiger partial charge < -0.3 is 0 Å². The summed E-state index contributed by atoms with van der Waals surface area (Å²) in [5.41, 5.74) is 1.42. The Balaban J connectivity index is 0.00000676. The van der Waals surface area contributed by atoms with Gasteiger partial charge in [-0.1, -0.05) is 114 Å². The van der Waals surface area contributed by atoms with E-state index in [-0.39, 0.29) is 17.0 Å². The van der Waals surface area contributed by atoms with Crippen molar-refractivity contribution in [1.29, 1.82) is 0 Å². The minimum absolute atomic E-state index is 0. The molecular formula is C25H42BrN. The highest BCUT2D eigenvalue weighted by atomic mass is 79.9. The van der Waals surface area contributed by atoms with Crippen molar-refractivity contribution >= 4 is 17.0 Å². The van der Waals surface area contributed by atoms with Gasteiger partial charge in [-0.2, -0.15) is 0 Å². The van der Waals surface area contributed by atoms with Gasteiger partial charge in [-0.3, -0.25) is 4.90 Å². The zero-order valence-electron chi connectivity index (χ0n) is 17.6. The monoisotopic (exact) mass is 435 g/mol. The summed E-state index contributed by atoms with van der Waals surface area (Å²) in [6, 6.07) is 11.4. The average Bonchev–Trinajstić information content (AvgIpc) is 2.67. The molecule has 0 radical (unpaired) electrons. The van der Waals surface area contributed by atoms with E-state index in [1.54, 1.807) is 0 Å². The highest BCUT2D eigenvalue weighted by molar-refractivity contribution is 8.93. The average molecular weight is 437 g/mol. The molecule has 0 heterocycles. The number of hydrogen-bond donors (Lipinski definition) is 0. The molecule has 1 aromatic carbocycles. The van der Waals surface area contributed by atoms with E-state index < -0.39 is 0 Å². The lowest BCUT2D eigenvalue weighted by Gasteiger charge is -2.30. The van der Waals surface area contributed by atoms with E-state index >= 15 is 0 Å². The molecule has 0 saturated heterocycles. The van der Waals surface area contributed by atoms with Gasteiger partial charge in [0.05, 0.1) is 0 Å². The van der Waals surface area contributed by atoms with Crippen molar-refractivity contribution in [1.82, 2.24) is 4.90 Å². The third kappa shape index (κ3) is 12.3. The van der Waals surface area contributed by atoms with E-state index in [2.05, 4.69) is 55.3 Å². The lowest BCUT2D eigenvalue weighted by Crippen LogP contribution is -2.29. The van der Waals surface area contributed by atoms with Gasteiger partial charge in [0, 0.05) is 19.1 Å². The molecule has 0 fully saturated rings. The predicted octanol–water partition coefficient (Wildman–Crippen LogP) is 8.29. The lowest BCUT2D eigenvalue weighted by molar-refractivity contribution is 0.226. The van der Waals surface area contributed by atoms with Crippen LogP contribution in [0.1, 0.15) is 89.2 Å². The Morgan fingerprint density at radius 1 is 0.778 bits per heavy atom. The Bertz CT molecular complexity index is 447. The third-order valence-corrected chi connectivity index (χ3v) is 5.18. The summed E-state index contributed by atoms with van der Waals surface area (Å²) in [6.45, 7) is 12.0. The van der Waals surface area contributed by atoms with Gasteiger partial charge in [-0.15, -0.1) is 30.1 Å². The summed E-state index contributed by atoms with van der Waals surface area (Å²) in [7, 11) is 0. The Kier molecular flexibility index (Phi) is 17.9. The highest BCUT2D eigenvalue weighted by Gasteiger charge is 2.17. The maximum absolute atomic E-state index is 3.94. The molecule has 2 heteroatoms. The fourth-order valence-electron chi connectivity index (χ4n) is 3.72. The van der Waals surface area contributed by atoms with Gasteiger partial charge in [0.2, 0.25) is 0 Å². The lowest BCUT2D eigenvalue weighted by atomic mass is 9.97. The first kappa shape index (κ1) is 26.1. The van der Waals surface area contributed by atoms with E-state index in [0.29, 0.717) is 6.04 Å². The van der Waals surface area contributed by atoms with Crippen LogP contribution in [0.15, 0.2) is 55.6 Å². The van der Waals surface area contributed by atoms with E-state index in [1.165, 1.54) is 76.2 Å². The molecule has 0 N–H and O–H groups in total. The Hall–Kier alpha value is -0.860. The van der Waals surface area contributed by atoms with Crippen LogP contribution in [0.5, 0.6) is 0 Å². The second kappa shape index (κ2) is 18.5.